The van der Waals surface area contributed by atoms with Gasteiger partial charge >= 0.3 is 5.97 Å². The topological polar surface area (TPSA) is 66.8 Å². The summed E-state index contributed by atoms with van der Waals surface area (Å²) in [6.07, 6.45) is 1.68. The molecule has 1 fully saturated rings. The van der Waals surface area contributed by atoms with E-state index in [1.807, 2.05) is 24.3 Å². The van der Waals surface area contributed by atoms with Gasteiger partial charge in [0.2, 0.25) is 5.91 Å². The number of piperidine rings is 1. The highest BCUT2D eigenvalue weighted by atomic mass is 16.5. The van der Waals surface area contributed by atoms with Gasteiger partial charge in [0.1, 0.15) is 5.75 Å². The van der Waals surface area contributed by atoms with Gasteiger partial charge in [-0.05, 0) is 30.5 Å². The Morgan fingerprint density at radius 3 is 2.95 bits per heavy atom. The third-order valence-corrected chi connectivity index (χ3v) is 3.61. The van der Waals surface area contributed by atoms with Crippen LogP contribution in [0.2, 0.25) is 0 Å². The Labute approximate surface area is 118 Å². The molecule has 1 heterocycles. The lowest BCUT2D eigenvalue weighted by molar-refractivity contribution is -0.145. The summed E-state index contributed by atoms with van der Waals surface area (Å²) >= 11 is 0. The Bertz CT molecular complexity index is 500. The minimum atomic E-state index is -0.816. The second-order valence-corrected chi connectivity index (χ2v) is 5.05. The second kappa shape index (κ2) is 6.41. The van der Waals surface area contributed by atoms with E-state index in [2.05, 4.69) is 0 Å². The molecule has 1 amide bonds. The van der Waals surface area contributed by atoms with E-state index < -0.39 is 11.9 Å². The molecule has 2 rings (SSSR count). The Kier molecular flexibility index (Phi) is 4.61. The number of nitrogens with zero attached hydrogens (tertiary/aromatic N) is 1. The second-order valence-electron chi connectivity index (χ2n) is 5.05. The Balaban J connectivity index is 1.98. The predicted octanol–water partition coefficient (Wildman–Crippen LogP) is 1.56. The number of methoxy groups -OCH3 is 1. The first-order valence-electron chi connectivity index (χ1n) is 6.73. The zero-order valence-electron chi connectivity index (χ0n) is 11.5. The SMILES string of the molecule is COc1cccc(CC(=O)N2CCC[C@@H](C(=O)O)C2)c1. The van der Waals surface area contributed by atoms with Crippen LogP contribution in [0, 0.1) is 5.92 Å². The molecule has 1 aliphatic heterocycles. The van der Waals surface area contributed by atoms with Gasteiger partial charge in [0.05, 0.1) is 19.4 Å². The van der Waals surface area contributed by atoms with Crippen LogP contribution in [0.3, 0.4) is 0 Å². The molecule has 0 aromatic heterocycles. The van der Waals surface area contributed by atoms with Crippen molar-refractivity contribution in [3.05, 3.63) is 29.8 Å². The molecule has 1 saturated heterocycles. The summed E-state index contributed by atoms with van der Waals surface area (Å²) in [5.41, 5.74) is 0.881. The van der Waals surface area contributed by atoms with E-state index in [0.717, 1.165) is 17.7 Å². The lowest BCUT2D eigenvalue weighted by Gasteiger charge is -2.30. The minimum absolute atomic E-state index is 0.0239. The third-order valence-electron chi connectivity index (χ3n) is 3.61. The molecule has 1 N–H and O–H groups in total. The van der Waals surface area contributed by atoms with Crippen LogP contribution in [0.1, 0.15) is 18.4 Å². The summed E-state index contributed by atoms with van der Waals surface area (Å²) < 4.78 is 5.13. The van der Waals surface area contributed by atoms with E-state index in [1.54, 1.807) is 12.0 Å². The number of carboxylic acids is 1. The van der Waals surface area contributed by atoms with E-state index in [4.69, 9.17) is 9.84 Å². The van der Waals surface area contributed by atoms with Crippen molar-refractivity contribution in [1.29, 1.82) is 0 Å². The maximum absolute atomic E-state index is 12.2. The van der Waals surface area contributed by atoms with Crippen LogP contribution >= 0.6 is 0 Å². The number of benzene rings is 1. The van der Waals surface area contributed by atoms with Crippen LogP contribution in [-0.2, 0) is 16.0 Å². The van der Waals surface area contributed by atoms with Crippen molar-refractivity contribution in [2.24, 2.45) is 5.92 Å². The van der Waals surface area contributed by atoms with Gasteiger partial charge in [-0.2, -0.15) is 0 Å². The molecule has 0 unspecified atom stereocenters. The molecule has 1 atom stereocenters. The molecule has 1 aliphatic rings. The molecule has 0 spiro atoms. The maximum atomic E-state index is 12.2. The van der Waals surface area contributed by atoms with E-state index in [9.17, 15) is 9.59 Å². The zero-order chi connectivity index (χ0) is 14.5. The number of carbonyl (C=O) groups excluding carboxylic acids is 1. The molecule has 0 aliphatic carbocycles. The monoisotopic (exact) mass is 277 g/mol. The van der Waals surface area contributed by atoms with Gasteiger partial charge in [-0.3, -0.25) is 9.59 Å². The van der Waals surface area contributed by atoms with Crippen LogP contribution in [0.25, 0.3) is 0 Å². The predicted molar refractivity (Wildman–Crippen MR) is 73.6 cm³/mol. The first kappa shape index (κ1) is 14.4. The Hall–Kier alpha value is -2.04. The fraction of sp³-hybridized carbons (Fsp3) is 0.467. The average molecular weight is 277 g/mol. The van der Waals surface area contributed by atoms with Gasteiger partial charge in [0.25, 0.3) is 0 Å². The molecule has 108 valence electrons. The molecule has 0 bridgehead atoms. The molecular weight excluding hydrogens is 258 g/mol. The summed E-state index contributed by atoms with van der Waals surface area (Å²) in [4.78, 5) is 24.9. The maximum Gasteiger partial charge on any atom is 0.308 e. The van der Waals surface area contributed by atoms with Gasteiger partial charge in [-0.25, -0.2) is 0 Å². The Morgan fingerprint density at radius 2 is 2.25 bits per heavy atom. The first-order chi connectivity index (χ1) is 9.60. The minimum Gasteiger partial charge on any atom is -0.497 e. The first-order valence-corrected chi connectivity index (χ1v) is 6.73. The summed E-state index contributed by atoms with van der Waals surface area (Å²) in [7, 11) is 1.59. The number of amides is 1. The van der Waals surface area contributed by atoms with Crippen LogP contribution in [0.15, 0.2) is 24.3 Å². The smallest absolute Gasteiger partial charge is 0.308 e. The molecule has 20 heavy (non-hydrogen) atoms. The summed E-state index contributed by atoms with van der Waals surface area (Å²) in [5.74, 6) is -0.552. The van der Waals surface area contributed by atoms with Crippen LogP contribution in [0.5, 0.6) is 5.75 Å². The van der Waals surface area contributed by atoms with Gasteiger partial charge in [0, 0.05) is 13.1 Å². The number of rotatable bonds is 4. The molecule has 1 aromatic carbocycles. The van der Waals surface area contributed by atoms with E-state index in [0.29, 0.717) is 19.5 Å². The van der Waals surface area contributed by atoms with Crippen molar-refractivity contribution in [2.75, 3.05) is 20.2 Å². The lowest BCUT2D eigenvalue weighted by atomic mass is 9.97. The standard InChI is InChI=1S/C15H19NO4/c1-20-13-6-2-4-11(8-13)9-14(17)16-7-3-5-12(10-16)15(18)19/h2,4,6,8,12H,3,5,7,9-10H2,1H3,(H,18,19)/t12-/m1/s1. The quantitative estimate of drug-likeness (QED) is 0.907. The number of ether oxygens (including phenoxy) is 1. The normalized spacial score (nSPS) is 18.6. The summed E-state index contributed by atoms with van der Waals surface area (Å²) in [5, 5.41) is 9.04. The van der Waals surface area contributed by atoms with Crippen molar-refractivity contribution >= 4 is 11.9 Å². The summed E-state index contributed by atoms with van der Waals surface area (Å²) in [6, 6.07) is 7.38. The van der Waals surface area contributed by atoms with Crippen molar-refractivity contribution in [3.8, 4) is 5.75 Å². The van der Waals surface area contributed by atoms with Crippen molar-refractivity contribution < 1.29 is 19.4 Å². The van der Waals surface area contributed by atoms with Gasteiger partial charge in [0.15, 0.2) is 0 Å². The van der Waals surface area contributed by atoms with Gasteiger partial charge in [-0.15, -0.1) is 0 Å². The molecular formula is C15H19NO4. The Morgan fingerprint density at radius 1 is 1.45 bits per heavy atom. The highest BCUT2D eigenvalue weighted by molar-refractivity contribution is 5.80. The van der Waals surface area contributed by atoms with Gasteiger partial charge in [-0.1, -0.05) is 12.1 Å². The van der Waals surface area contributed by atoms with Gasteiger partial charge < -0.3 is 14.7 Å². The fourth-order valence-electron chi connectivity index (χ4n) is 2.47. The highest BCUT2D eigenvalue weighted by Gasteiger charge is 2.27. The number of hydrogen-bond acceptors (Lipinski definition) is 3. The zero-order valence-corrected chi connectivity index (χ0v) is 11.5. The molecule has 0 radical (unpaired) electrons. The van der Waals surface area contributed by atoms with E-state index in [1.165, 1.54) is 0 Å². The molecule has 0 saturated carbocycles. The van der Waals surface area contributed by atoms with E-state index in [-0.39, 0.29) is 12.3 Å². The highest BCUT2D eigenvalue weighted by Crippen LogP contribution is 2.19. The average Bonchev–Trinajstić information content (AvgIpc) is 2.47. The lowest BCUT2D eigenvalue weighted by Crippen LogP contribution is -2.42. The number of aliphatic carboxylic acids is 1. The van der Waals surface area contributed by atoms with Crippen molar-refractivity contribution in [2.45, 2.75) is 19.3 Å². The van der Waals surface area contributed by atoms with Crippen LogP contribution in [-0.4, -0.2) is 42.1 Å². The van der Waals surface area contributed by atoms with Crippen LogP contribution in [0.4, 0.5) is 0 Å². The van der Waals surface area contributed by atoms with Crippen LogP contribution < -0.4 is 4.74 Å². The number of carboxylic acid groups (broad SMARTS) is 1. The van der Waals surface area contributed by atoms with Crippen molar-refractivity contribution in [3.63, 3.8) is 0 Å². The van der Waals surface area contributed by atoms with Crippen molar-refractivity contribution in [1.82, 2.24) is 4.90 Å². The molecule has 1 aromatic rings. The largest absolute Gasteiger partial charge is 0.497 e. The molecule has 5 heteroatoms. The van der Waals surface area contributed by atoms with E-state index >= 15 is 0 Å². The number of likely N-dealkylation sites (tertiary alicyclic amines) is 1. The fourth-order valence-corrected chi connectivity index (χ4v) is 2.47. The number of carbonyl (C=O) groups is 2. The number of hydrogen-bond donors (Lipinski definition) is 1. The molecule has 5 nitrogen and oxygen atoms in total. The summed E-state index contributed by atoms with van der Waals surface area (Å²) in [6.45, 7) is 0.963. The third kappa shape index (κ3) is 3.50.